The molecule has 1 heterocycles. The first kappa shape index (κ1) is 9.96. The number of hydrogen-bond acceptors (Lipinski definition) is 3. The van der Waals surface area contributed by atoms with Crippen LogP contribution in [0.1, 0.15) is 20.3 Å². The van der Waals surface area contributed by atoms with Crippen LogP contribution in [-0.4, -0.2) is 32.0 Å². The van der Waals surface area contributed by atoms with Gasteiger partial charge in [-0.1, -0.05) is 0 Å². The van der Waals surface area contributed by atoms with Crippen LogP contribution in [0.5, 0.6) is 0 Å². The van der Waals surface area contributed by atoms with E-state index in [2.05, 4.69) is 0 Å². The lowest BCUT2D eigenvalue weighted by Gasteiger charge is -2.32. The molecule has 2 N–H and O–H groups in total. The van der Waals surface area contributed by atoms with Crippen LogP contribution in [0.4, 0.5) is 0 Å². The highest BCUT2D eigenvalue weighted by molar-refractivity contribution is 4.89. The zero-order valence-electron chi connectivity index (χ0n) is 8.17. The largest absolute Gasteiger partial charge is 0.376 e. The Morgan fingerprint density at radius 2 is 2.25 bits per heavy atom. The highest BCUT2D eigenvalue weighted by Gasteiger charge is 2.39. The van der Waals surface area contributed by atoms with E-state index < -0.39 is 0 Å². The minimum absolute atomic E-state index is 0.160. The number of nitrogens with two attached hydrogens (primary N) is 1. The predicted octanol–water partition coefficient (Wildman–Crippen LogP) is 0.775. The summed E-state index contributed by atoms with van der Waals surface area (Å²) in [5.41, 5.74) is 5.43. The Hall–Kier alpha value is -0.120. The van der Waals surface area contributed by atoms with Crippen molar-refractivity contribution < 1.29 is 9.47 Å². The van der Waals surface area contributed by atoms with Crippen LogP contribution in [0, 0.1) is 5.92 Å². The fourth-order valence-corrected chi connectivity index (χ4v) is 1.76. The van der Waals surface area contributed by atoms with Crippen molar-refractivity contribution in [1.82, 2.24) is 0 Å². The van der Waals surface area contributed by atoms with Crippen LogP contribution >= 0.6 is 0 Å². The smallest absolute Gasteiger partial charge is 0.0899 e. The Balaban J connectivity index is 2.60. The van der Waals surface area contributed by atoms with Gasteiger partial charge in [-0.3, -0.25) is 0 Å². The zero-order chi connectivity index (χ0) is 9.19. The molecule has 1 aliphatic heterocycles. The van der Waals surface area contributed by atoms with Crippen molar-refractivity contribution in [2.24, 2.45) is 11.7 Å². The van der Waals surface area contributed by atoms with E-state index in [1.165, 1.54) is 0 Å². The van der Waals surface area contributed by atoms with Crippen LogP contribution in [0.2, 0.25) is 0 Å². The Morgan fingerprint density at radius 3 is 2.75 bits per heavy atom. The van der Waals surface area contributed by atoms with Crippen LogP contribution in [0.3, 0.4) is 0 Å². The van der Waals surface area contributed by atoms with Crippen LogP contribution < -0.4 is 5.73 Å². The van der Waals surface area contributed by atoms with Crippen LogP contribution in [-0.2, 0) is 9.47 Å². The van der Waals surface area contributed by atoms with E-state index in [1.54, 1.807) is 7.11 Å². The van der Waals surface area contributed by atoms with Crippen molar-refractivity contribution in [2.75, 3.05) is 20.3 Å². The summed E-state index contributed by atoms with van der Waals surface area (Å²) in [5, 5.41) is 0. The predicted molar refractivity (Wildman–Crippen MR) is 48.0 cm³/mol. The summed E-state index contributed by atoms with van der Waals surface area (Å²) >= 11 is 0. The molecule has 0 saturated carbocycles. The van der Waals surface area contributed by atoms with Crippen molar-refractivity contribution >= 4 is 0 Å². The minimum Gasteiger partial charge on any atom is -0.376 e. The Morgan fingerprint density at radius 1 is 1.58 bits per heavy atom. The number of methoxy groups -OCH3 is 1. The molecule has 3 heteroatoms. The van der Waals surface area contributed by atoms with Gasteiger partial charge in [0.25, 0.3) is 0 Å². The normalized spacial score (nSPS) is 31.0. The molecule has 72 valence electrons. The van der Waals surface area contributed by atoms with E-state index in [1.807, 2.05) is 13.8 Å². The summed E-state index contributed by atoms with van der Waals surface area (Å²) in [6, 6.07) is 0. The Labute approximate surface area is 74.2 Å². The maximum Gasteiger partial charge on any atom is 0.0899 e. The topological polar surface area (TPSA) is 44.5 Å². The number of ether oxygens (including phenoxy) is 2. The molecule has 0 radical (unpaired) electrons. The van der Waals surface area contributed by atoms with Gasteiger partial charge < -0.3 is 15.2 Å². The molecule has 2 unspecified atom stereocenters. The lowest BCUT2D eigenvalue weighted by atomic mass is 9.89. The third-order valence-corrected chi connectivity index (χ3v) is 2.73. The Bertz CT molecular complexity index is 147. The van der Waals surface area contributed by atoms with E-state index >= 15 is 0 Å². The molecular weight excluding hydrogens is 154 g/mol. The third kappa shape index (κ3) is 1.79. The lowest BCUT2D eigenvalue weighted by molar-refractivity contribution is -0.0986. The van der Waals surface area contributed by atoms with Gasteiger partial charge in [0.05, 0.1) is 11.7 Å². The molecular formula is C9H19NO2. The van der Waals surface area contributed by atoms with E-state index in [9.17, 15) is 0 Å². The van der Waals surface area contributed by atoms with Gasteiger partial charge in [-0.2, -0.15) is 0 Å². The second-order valence-corrected chi connectivity index (χ2v) is 3.88. The average molecular weight is 173 g/mol. The minimum atomic E-state index is -0.208. The van der Waals surface area contributed by atoms with Gasteiger partial charge in [0, 0.05) is 19.6 Å². The van der Waals surface area contributed by atoms with Crippen LogP contribution in [0.15, 0.2) is 0 Å². The fourth-order valence-electron chi connectivity index (χ4n) is 1.76. The number of rotatable bonds is 3. The van der Waals surface area contributed by atoms with Crippen molar-refractivity contribution in [3.05, 3.63) is 0 Å². The molecule has 0 aromatic rings. The molecule has 0 spiro atoms. The standard InChI is InChI=1S/C9H19NO2/c1-9(2,11-3)8-7(6-10)4-5-12-8/h7-8H,4-6,10H2,1-3H3. The average Bonchev–Trinajstić information content (AvgIpc) is 2.52. The summed E-state index contributed by atoms with van der Waals surface area (Å²) in [5.74, 6) is 0.458. The molecule has 12 heavy (non-hydrogen) atoms. The highest BCUT2D eigenvalue weighted by Crippen LogP contribution is 2.30. The molecule has 0 aromatic carbocycles. The maximum absolute atomic E-state index is 5.64. The van der Waals surface area contributed by atoms with Gasteiger partial charge in [0.2, 0.25) is 0 Å². The van der Waals surface area contributed by atoms with Gasteiger partial charge in [-0.15, -0.1) is 0 Å². The van der Waals surface area contributed by atoms with Crippen molar-refractivity contribution in [2.45, 2.75) is 32.0 Å². The summed E-state index contributed by atoms with van der Waals surface area (Å²) in [6.07, 6.45) is 1.22. The van der Waals surface area contributed by atoms with Crippen molar-refractivity contribution in [3.63, 3.8) is 0 Å². The molecule has 0 bridgehead atoms. The SMILES string of the molecule is COC(C)(C)C1OCCC1CN. The molecule has 2 atom stereocenters. The van der Waals surface area contributed by atoms with E-state index in [0.29, 0.717) is 12.5 Å². The first-order chi connectivity index (χ1) is 5.61. The second-order valence-electron chi connectivity index (χ2n) is 3.88. The lowest BCUT2D eigenvalue weighted by Crippen LogP contribution is -2.43. The van der Waals surface area contributed by atoms with Gasteiger partial charge in [0.15, 0.2) is 0 Å². The molecule has 0 aromatic heterocycles. The Kier molecular flexibility index (Phi) is 3.09. The summed E-state index contributed by atoms with van der Waals surface area (Å²) in [6.45, 7) is 5.61. The molecule has 1 fully saturated rings. The van der Waals surface area contributed by atoms with E-state index in [0.717, 1.165) is 13.0 Å². The van der Waals surface area contributed by atoms with Gasteiger partial charge >= 0.3 is 0 Å². The van der Waals surface area contributed by atoms with Gasteiger partial charge in [0.1, 0.15) is 0 Å². The van der Waals surface area contributed by atoms with Crippen LogP contribution in [0.25, 0.3) is 0 Å². The fraction of sp³-hybridized carbons (Fsp3) is 1.00. The van der Waals surface area contributed by atoms with Gasteiger partial charge in [-0.05, 0) is 26.8 Å². The molecule has 1 aliphatic rings. The molecule has 0 aliphatic carbocycles. The molecule has 1 rings (SSSR count). The molecule has 1 saturated heterocycles. The first-order valence-electron chi connectivity index (χ1n) is 4.48. The van der Waals surface area contributed by atoms with E-state index in [-0.39, 0.29) is 11.7 Å². The second kappa shape index (κ2) is 3.73. The molecule has 3 nitrogen and oxygen atoms in total. The molecule has 0 amide bonds. The summed E-state index contributed by atoms with van der Waals surface area (Å²) in [4.78, 5) is 0. The quantitative estimate of drug-likeness (QED) is 0.685. The summed E-state index contributed by atoms with van der Waals surface area (Å²) < 4.78 is 11.0. The first-order valence-corrected chi connectivity index (χ1v) is 4.48. The monoisotopic (exact) mass is 173 g/mol. The van der Waals surface area contributed by atoms with Crippen molar-refractivity contribution in [1.29, 1.82) is 0 Å². The number of hydrogen-bond donors (Lipinski definition) is 1. The third-order valence-electron chi connectivity index (χ3n) is 2.73. The van der Waals surface area contributed by atoms with Gasteiger partial charge in [-0.25, -0.2) is 0 Å². The maximum atomic E-state index is 5.64. The van der Waals surface area contributed by atoms with Crippen molar-refractivity contribution in [3.8, 4) is 0 Å². The van der Waals surface area contributed by atoms with E-state index in [4.69, 9.17) is 15.2 Å². The zero-order valence-corrected chi connectivity index (χ0v) is 8.17. The highest BCUT2D eigenvalue weighted by atomic mass is 16.5. The summed E-state index contributed by atoms with van der Waals surface area (Å²) in [7, 11) is 1.72.